The van der Waals surface area contributed by atoms with E-state index in [1.807, 2.05) is 43.3 Å². The van der Waals surface area contributed by atoms with Gasteiger partial charge in [0, 0.05) is 30.4 Å². The van der Waals surface area contributed by atoms with Crippen molar-refractivity contribution in [2.45, 2.75) is 109 Å². The van der Waals surface area contributed by atoms with Crippen LogP contribution in [-0.2, 0) is 21.2 Å². The van der Waals surface area contributed by atoms with Gasteiger partial charge in [-0.15, -0.1) is 0 Å². The van der Waals surface area contributed by atoms with E-state index in [-0.39, 0.29) is 12.2 Å². The second kappa shape index (κ2) is 14.6. The van der Waals surface area contributed by atoms with Crippen LogP contribution >= 0.6 is 0 Å². The van der Waals surface area contributed by atoms with Crippen molar-refractivity contribution in [1.82, 2.24) is 10.2 Å². The summed E-state index contributed by atoms with van der Waals surface area (Å²) >= 11 is 0. The first-order chi connectivity index (χ1) is 20.1. The number of hydrogen-bond acceptors (Lipinski definition) is 5. The molecule has 1 saturated heterocycles. The standard InChI is InChI=1S/C34H48N2O5S/c1-4-10-27-16-17-28(21-25-12-6-5-7-13-25)36(27)23-26-15-18-30(31(22-26)29-14-9-8-11-24(29)2)33(37)35-32(34(38)39)19-20-42(3,40)41/h8-9,11,14-15,18,22,25,27-28,32H,4-7,10,12-13,16-17,19-21,23H2,1-3H3,(H,35,37)(H,38,39)/t27-,28+,32-/m0/s1. The first-order valence-electron chi connectivity index (χ1n) is 15.7. The predicted octanol–water partition coefficient (Wildman–Crippen LogP) is 6.38. The maximum absolute atomic E-state index is 13.5. The summed E-state index contributed by atoms with van der Waals surface area (Å²) in [6, 6.07) is 13.7. The zero-order valence-corrected chi connectivity index (χ0v) is 26.3. The van der Waals surface area contributed by atoms with Gasteiger partial charge in [-0.05, 0) is 79.3 Å². The maximum Gasteiger partial charge on any atom is 0.326 e. The van der Waals surface area contributed by atoms with Gasteiger partial charge in [0.25, 0.3) is 5.91 Å². The molecular weight excluding hydrogens is 548 g/mol. The molecule has 2 fully saturated rings. The molecule has 4 rings (SSSR count). The number of carboxylic acid groups (broad SMARTS) is 1. The van der Waals surface area contributed by atoms with E-state index in [0.717, 1.165) is 47.4 Å². The fourth-order valence-corrected chi connectivity index (χ4v) is 7.66. The number of carbonyl (C=O) groups excluding carboxylic acids is 1. The zero-order chi connectivity index (χ0) is 30.3. The Hall–Kier alpha value is -2.71. The fraction of sp³-hybridized carbons (Fsp3) is 0.588. The Morgan fingerprint density at radius 2 is 1.71 bits per heavy atom. The lowest BCUT2D eigenvalue weighted by molar-refractivity contribution is -0.139. The highest BCUT2D eigenvalue weighted by atomic mass is 32.2. The quantitative estimate of drug-likeness (QED) is 0.278. The Morgan fingerprint density at radius 3 is 2.38 bits per heavy atom. The topological polar surface area (TPSA) is 104 Å². The van der Waals surface area contributed by atoms with Crippen LogP contribution in [0.5, 0.6) is 0 Å². The molecule has 8 heteroatoms. The minimum absolute atomic E-state index is 0.187. The van der Waals surface area contributed by atoms with Gasteiger partial charge < -0.3 is 10.4 Å². The molecule has 0 spiro atoms. The summed E-state index contributed by atoms with van der Waals surface area (Å²) in [7, 11) is -3.37. The smallest absolute Gasteiger partial charge is 0.326 e. The van der Waals surface area contributed by atoms with E-state index in [1.165, 1.54) is 57.8 Å². The lowest BCUT2D eigenvalue weighted by Crippen LogP contribution is -2.42. The second-order valence-electron chi connectivity index (χ2n) is 12.6. The van der Waals surface area contributed by atoms with Gasteiger partial charge >= 0.3 is 5.97 Å². The lowest BCUT2D eigenvalue weighted by Gasteiger charge is -2.34. The van der Waals surface area contributed by atoms with Crippen molar-refractivity contribution in [2.75, 3.05) is 12.0 Å². The monoisotopic (exact) mass is 596 g/mol. The fourth-order valence-electron chi connectivity index (χ4n) is 7.00. The summed E-state index contributed by atoms with van der Waals surface area (Å²) in [5.41, 5.74) is 4.26. The molecular formula is C34H48N2O5S. The summed E-state index contributed by atoms with van der Waals surface area (Å²) in [6.07, 6.45) is 13.8. The molecule has 7 nitrogen and oxygen atoms in total. The molecule has 2 aromatic rings. The van der Waals surface area contributed by atoms with Crippen molar-refractivity contribution in [1.29, 1.82) is 0 Å². The van der Waals surface area contributed by atoms with Gasteiger partial charge in [0.1, 0.15) is 15.9 Å². The van der Waals surface area contributed by atoms with Crippen molar-refractivity contribution in [3.63, 3.8) is 0 Å². The van der Waals surface area contributed by atoms with Gasteiger partial charge in [-0.25, -0.2) is 13.2 Å². The Kier molecular flexibility index (Phi) is 11.2. The number of amides is 1. The molecule has 3 atom stereocenters. The Labute approximate surface area is 252 Å². The van der Waals surface area contributed by atoms with Crippen LogP contribution in [0.3, 0.4) is 0 Å². The molecule has 2 aromatic carbocycles. The third-order valence-electron chi connectivity index (χ3n) is 9.23. The number of nitrogens with one attached hydrogen (secondary N) is 1. The summed E-state index contributed by atoms with van der Waals surface area (Å²) in [5.74, 6) is -1.25. The van der Waals surface area contributed by atoms with Gasteiger partial charge in [-0.3, -0.25) is 9.69 Å². The van der Waals surface area contributed by atoms with Gasteiger partial charge in [0.2, 0.25) is 0 Å². The van der Waals surface area contributed by atoms with E-state index in [2.05, 4.69) is 23.2 Å². The van der Waals surface area contributed by atoms with Crippen molar-refractivity contribution in [3.05, 3.63) is 59.2 Å². The average molecular weight is 597 g/mol. The van der Waals surface area contributed by atoms with Gasteiger partial charge in [-0.2, -0.15) is 0 Å². The Balaban J connectivity index is 1.62. The minimum atomic E-state index is -3.37. The predicted molar refractivity (Wildman–Crippen MR) is 168 cm³/mol. The Morgan fingerprint density at radius 1 is 1.00 bits per heavy atom. The molecule has 1 aliphatic carbocycles. The Bertz CT molecular complexity index is 1340. The molecule has 42 heavy (non-hydrogen) atoms. The molecule has 1 aliphatic heterocycles. The third kappa shape index (κ3) is 8.66. The number of rotatable bonds is 13. The SMILES string of the molecule is CCC[C@H]1CC[C@H](CC2CCCCC2)N1Cc1ccc(C(=O)N[C@@H](CCS(C)(=O)=O)C(=O)O)c(-c2ccccc2C)c1. The van der Waals surface area contributed by atoms with Crippen LogP contribution in [0.2, 0.25) is 0 Å². The normalized spacial score (nSPS) is 20.8. The van der Waals surface area contributed by atoms with E-state index in [4.69, 9.17) is 0 Å². The van der Waals surface area contributed by atoms with E-state index in [0.29, 0.717) is 17.6 Å². The van der Waals surface area contributed by atoms with Crippen LogP contribution in [0.1, 0.15) is 99.0 Å². The van der Waals surface area contributed by atoms with Crippen LogP contribution in [0.4, 0.5) is 0 Å². The number of hydrogen-bond donors (Lipinski definition) is 2. The van der Waals surface area contributed by atoms with Gasteiger partial charge in [0.05, 0.1) is 5.75 Å². The highest BCUT2D eigenvalue weighted by molar-refractivity contribution is 7.90. The number of carbonyl (C=O) groups is 2. The number of aliphatic carboxylic acids is 1. The summed E-state index contributed by atoms with van der Waals surface area (Å²) < 4.78 is 23.3. The second-order valence-corrected chi connectivity index (χ2v) is 14.8. The summed E-state index contributed by atoms with van der Waals surface area (Å²) in [6.45, 7) is 5.10. The minimum Gasteiger partial charge on any atom is -0.480 e. The van der Waals surface area contributed by atoms with Crippen LogP contribution in [-0.4, -0.2) is 60.4 Å². The first-order valence-corrected chi connectivity index (χ1v) is 17.8. The van der Waals surface area contributed by atoms with E-state index in [1.54, 1.807) is 0 Å². The van der Waals surface area contributed by atoms with Crippen LogP contribution in [0, 0.1) is 12.8 Å². The lowest BCUT2D eigenvalue weighted by atomic mass is 9.84. The number of nitrogens with zero attached hydrogens (tertiary/aromatic N) is 1. The highest BCUT2D eigenvalue weighted by Crippen LogP contribution is 2.37. The molecule has 2 aliphatic rings. The van der Waals surface area contributed by atoms with Gasteiger partial charge in [0.15, 0.2) is 0 Å². The average Bonchev–Trinajstić information content (AvgIpc) is 3.31. The number of aryl methyl sites for hydroxylation is 1. The van der Waals surface area contributed by atoms with Crippen LogP contribution in [0.25, 0.3) is 11.1 Å². The number of sulfone groups is 1. The van der Waals surface area contributed by atoms with Gasteiger partial charge in [-0.1, -0.05) is 75.8 Å². The molecule has 0 radical (unpaired) electrons. The van der Waals surface area contributed by atoms with Crippen LogP contribution in [0.15, 0.2) is 42.5 Å². The van der Waals surface area contributed by atoms with Crippen molar-refractivity contribution < 1.29 is 23.1 Å². The summed E-state index contributed by atoms with van der Waals surface area (Å²) in [5, 5.41) is 12.3. The third-order valence-corrected chi connectivity index (χ3v) is 10.2. The molecule has 0 bridgehead atoms. The molecule has 0 unspecified atom stereocenters. The van der Waals surface area contributed by atoms with E-state index < -0.39 is 27.8 Å². The van der Waals surface area contributed by atoms with E-state index in [9.17, 15) is 23.1 Å². The molecule has 1 amide bonds. The van der Waals surface area contributed by atoms with Crippen molar-refractivity contribution in [3.8, 4) is 11.1 Å². The summed E-state index contributed by atoms with van der Waals surface area (Å²) in [4.78, 5) is 28.1. The van der Waals surface area contributed by atoms with E-state index >= 15 is 0 Å². The van der Waals surface area contributed by atoms with Crippen molar-refractivity contribution >= 4 is 21.7 Å². The largest absolute Gasteiger partial charge is 0.480 e. The molecule has 2 N–H and O–H groups in total. The van der Waals surface area contributed by atoms with Crippen molar-refractivity contribution in [2.24, 2.45) is 5.92 Å². The molecule has 1 heterocycles. The molecule has 0 aromatic heterocycles. The molecule has 230 valence electrons. The highest BCUT2D eigenvalue weighted by Gasteiger charge is 2.34. The maximum atomic E-state index is 13.5. The number of benzene rings is 2. The number of likely N-dealkylation sites (tertiary alicyclic amines) is 1. The first kappa shape index (κ1) is 32.2. The molecule has 1 saturated carbocycles. The zero-order valence-electron chi connectivity index (χ0n) is 25.5. The van der Waals surface area contributed by atoms with Crippen LogP contribution < -0.4 is 5.32 Å². The number of carboxylic acids is 1.